The fourth-order valence-corrected chi connectivity index (χ4v) is 2.22. The zero-order chi connectivity index (χ0) is 18.2. The molecule has 0 aromatic heterocycles. The van der Waals surface area contributed by atoms with Crippen LogP contribution in [0.4, 0.5) is 36.4 Å². The van der Waals surface area contributed by atoms with Crippen molar-refractivity contribution in [2.45, 2.75) is 31.9 Å². The normalized spacial score (nSPS) is 12.9. The van der Waals surface area contributed by atoms with Gasteiger partial charge in [0.25, 0.3) is 0 Å². The van der Waals surface area contributed by atoms with Gasteiger partial charge in [-0.1, -0.05) is 18.7 Å². The van der Waals surface area contributed by atoms with Crippen LogP contribution in [-0.4, -0.2) is 19.1 Å². The van der Waals surface area contributed by atoms with Crippen molar-refractivity contribution < 1.29 is 30.7 Å². The second kappa shape index (κ2) is 5.86. The Hall–Kier alpha value is -2.06. The molecule has 0 spiro atoms. The summed E-state index contributed by atoms with van der Waals surface area (Å²) in [4.78, 5) is 0. The van der Waals surface area contributed by atoms with Gasteiger partial charge in [0, 0.05) is 18.5 Å². The van der Waals surface area contributed by atoms with Gasteiger partial charge in [-0.2, -0.15) is 31.4 Å². The smallest absolute Gasteiger partial charge is 0.242 e. The summed E-state index contributed by atoms with van der Waals surface area (Å²) < 4.78 is 90.8. The lowest BCUT2D eigenvalue weighted by molar-refractivity contribution is -0.348. The van der Waals surface area contributed by atoms with Crippen LogP contribution in [0.1, 0.15) is 16.7 Å². The summed E-state index contributed by atoms with van der Waals surface area (Å²) in [5.74, 6) is 0. The Morgan fingerprint density at radius 1 is 0.957 bits per heavy atom. The van der Waals surface area contributed by atoms with E-state index >= 15 is 0 Å². The summed E-state index contributed by atoms with van der Waals surface area (Å²) in [6, 6.07) is 0.982. The first-order valence-corrected chi connectivity index (χ1v) is 6.13. The molecular formula is C14H13F7N2. The van der Waals surface area contributed by atoms with E-state index in [4.69, 9.17) is 0 Å². The third kappa shape index (κ3) is 3.04. The quantitative estimate of drug-likeness (QED) is 0.419. The minimum atomic E-state index is -6.15. The average Bonchev–Trinajstić information content (AvgIpc) is 2.39. The van der Waals surface area contributed by atoms with E-state index in [1.165, 1.54) is 13.8 Å². The van der Waals surface area contributed by atoms with Crippen molar-refractivity contribution in [3.8, 4) is 0 Å². The van der Waals surface area contributed by atoms with Crippen LogP contribution in [-0.2, 0) is 5.67 Å². The number of nitrogens with zero attached hydrogens (tertiary/aromatic N) is 2. The standard InChI is InChI=1S/C14H13F7N2/c1-5-23(22-4)11-8(2)6-10(7-9(11)3)12(15,13(16,17)18)14(19,20)21/h5-7H,1,4H2,2-3H3. The second-order valence-electron chi connectivity index (χ2n) is 4.78. The largest absolute Gasteiger partial charge is 0.435 e. The van der Waals surface area contributed by atoms with Gasteiger partial charge in [-0.05, 0) is 25.0 Å². The van der Waals surface area contributed by atoms with Crippen LogP contribution in [0.2, 0.25) is 0 Å². The molecule has 1 aromatic rings. The summed E-state index contributed by atoms with van der Waals surface area (Å²) >= 11 is 0. The molecule has 0 radical (unpaired) electrons. The van der Waals surface area contributed by atoms with Crippen LogP contribution in [0.5, 0.6) is 0 Å². The Morgan fingerprint density at radius 2 is 1.35 bits per heavy atom. The molecule has 0 N–H and O–H groups in total. The highest BCUT2D eigenvalue weighted by molar-refractivity contribution is 5.63. The number of hydrazone groups is 1. The minimum Gasteiger partial charge on any atom is -0.242 e. The van der Waals surface area contributed by atoms with Crippen LogP contribution >= 0.6 is 0 Å². The van der Waals surface area contributed by atoms with E-state index in [1.54, 1.807) is 0 Å². The molecule has 0 amide bonds. The lowest BCUT2D eigenvalue weighted by atomic mass is 9.90. The Bertz CT molecular complexity index is 572. The summed E-state index contributed by atoms with van der Waals surface area (Å²) in [6.07, 6.45) is -11.1. The second-order valence-corrected chi connectivity index (χ2v) is 4.78. The predicted octanol–water partition coefficient (Wildman–Crippen LogP) is 5.16. The van der Waals surface area contributed by atoms with Crippen LogP contribution in [0, 0.1) is 13.8 Å². The van der Waals surface area contributed by atoms with Gasteiger partial charge in [0.15, 0.2) is 0 Å². The van der Waals surface area contributed by atoms with E-state index in [0.717, 1.165) is 11.2 Å². The number of halogens is 7. The summed E-state index contributed by atoms with van der Waals surface area (Å²) in [5, 5.41) is 4.58. The molecular weight excluding hydrogens is 329 g/mol. The maximum Gasteiger partial charge on any atom is 0.435 e. The van der Waals surface area contributed by atoms with Gasteiger partial charge in [-0.25, -0.2) is 9.40 Å². The molecule has 0 saturated carbocycles. The average molecular weight is 342 g/mol. The molecule has 0 aliphatic heterocycles. The number of rotatable bonds is 4. The van der Waals surface area contributed by atoms with E-state index in [9.17, 15) is 30.7 Å². The summed E-state index contributed by atoms with van der Waals surface area (Å²) in [7, 11) is 0. The lowest BCUT2D eigenvalue weighted by Crippen LogP contribution is -2.50. The van der Waals surface area contributed by atoms with Crippen molar-refractivity contribution in [2.75, 3.05) is 5.01 Å². The van der Waals surface area contributed by atoms with E-state index in [-0.39, 0.29) is 16.8 Å². The van der Waals surface area contributed by atoms with Gasteiger partial charge in [-0.3, -0.25) is 0 Å². The lowest BCUT2D eigenvalue weighted by Gasteiger charge is -2.31. The van der Waals surface area contributed by atoms with E-state index in [2.05, 4.69) is 18.4 Å². The van der Waals surface area contributed by atoms with Gasteiger partial charge in [-0.15, -0.1) is 0 Å². The van der Waals surface area contributed by atoms with Gasteiger partial charge in [0.2, 0.25) is 0 Å². The van der Waals surface area contributed by atoms with E-state index in [0.29, 0.717) is 12.1 Å². The molecule has 0 unspecified atom stereocenters. The highest BCUT2D eigenvalue weighted by Gasteiger charge is 2.73. The molecule has 1 aromatic carbocycles. The SMILES string of the molecule is C=CN(N=C)c1c(C)cc(C(F)(C(F)(F)F)C(F)(F)F)cc1C. The molecule has 1 rings (SSSR count). The predicted molar refractivity (Wildman–Crippen MR) is 73.0 cm³/mol. The van der Waals surface area contributed by atoms with Gasteiger partial charge in [0.1, 0.15) is 0 Å². The molecule has 0 saturated heterocycles. The highest BCUT2D eigenvalue weighted by atomic mass is 19.4. The molecule has 0 fully saturated rings. The van der Waals surface area contributed by atoms with Gasteiger partial charge < -0.3 is 0 Å². The molecule has 2 nitrogen and oxygen atoms in total. The van der Waals surface area contributed by atoms with E-state index in [1.807, 2.05) is 0 Å². The molecule has 0 aliphatic carbocycles. The van der Waals surface area contributed by atoms with Crippen molar-refractivity contribution >= 4 is 12.4 Å². The summed E-state index contributed by atoms with van der Waals surface area (Å²) in [5.41, 5.74) is -6.91. The van der Waals surface area contributed by atoms with Crippen LogP contribution in [0.15, 0.2) is 30.0 Å². The Balaban J connectivity index is 3.68. The Kier molecular flexibility index (Phi) is 4.84. The first kappa shape index (κ1) is 19.0. The first-order chi connectivity index (χ1) is 10.3. The van der Waals surface area contributed by atoms with Gasteiger partial charge in [0.05, 0.1) is 5.69 Å². The molecule has 128 valence electrons. The van der Waals surface area contributed by atoms with Crippen molar-refractivity contribution in [3.63, 3.8) is 0 Å². The highest BCUT2D eigenvalue weighted by Crippen LogP contribution is 2.53. The number of alkyl halides is 7. The number of hydrogen-bond donors (Lipinski definition) is 0. The molecule has 23 heavy (non-hydrogen) atoms. The fourth-order valence-electron chi connectivity index (χ4n) is 2.22. The zero-order valence-corrected chi connectivity index (χ0v) is 12.2. The van der Waals surface area contributed by atoms with Crippen molar-refractivity contribution in [1.82, 2.24) is 0 Å². The number of hydrogen-bond acceptors (Lipinski definition) is 2. The van der Waals surface area contributed by atoms with Crippen LogP contribution < -0.4 is 5.01 Å². The first-order valence-electron chi connectivity index (χ1n) is 6.13. The third-order valence-electron chi connectivity index (χ3n) is 3.22. The van der Waals surface area contributed by atoms with Crippen LogP contribution in [0.3, 0.4) is 0 Å². The number of benzene rings is 1. The number of anilines is 1. The summed E-state index contributed by atoms with van der Waals surface area (Å²) in [6.45, 7) is 9.08. The fraction of sp³-hybridized carbons (Fsp3) is 0.357. The monoisotopic (exact) mass is 342 g/mol. The number of aryl methyl sites for hydroxylation is 2. The van der Waals surface area contributed by atoms with Crippen LogP contribution in [0.25, 0.3) is 0 Å². The molecule has 0 aliphatic rings. The van der Waals surface area contributed by atoms with Gasteiger partial charge >= 0.3 is 18.0 Å². The molecule has 0 heterocycles. The maximum atomic E-state index is 14.1. The Labute approximate surface area is 127 Å². The van der Waals surface area contributed by atoms with Crippen molar-refractivity contribution in [3.05, 3.63) is 41.6 Å². The molecule has 9 heteroatoms. The topological polar surface area (TPSA) is 15.6 Å². The maximum absolute atomic E-state index is 14.1. The van der Waals surface area contributed by atoms with E-state index < -0.39 is 23.6 Å². The zero-order valence-electron chi connectivity index (χ0n) is 12.2. The molecule has 0 bridgehead atoms. The third-order valence-corrected chi connectivity index (χ3v) is 3.22. The Morgan fingerprint density at radius 3 is 1.61 bits per heavy atom. The van der Waals surface area contributed by atoms with Crippen molar-refractivity contribution in [1.29, 1.82) is 0 Å². The molecule has 0 atom stereocenters. The van der Waals surface area contributed by atoms with Crippen molar-refractivity contribution in [2.24, 2.45) is 5.10 Å². The minimum absolute atomic E-state index is 0.0391.